The number of nitrogens with one attached hydrogen (secondary N) is 2. The third-order valence-electron chi connectivity index (χ3n) is 3.63. The maximum atomic E-state index is 12.2. The van der Waals surface area contributed by atoms with Gasteiger partial charge in [0.1, 0.15) is 4.83 Å². The average Bonchev–Trinajstić information content (AvgIpc) is 3.04. The molecule has 0 bridgehead atoms. The van der Waals surface area contributed by atoms with Gasteiger partial charge in [0.2, 0.25) is 0 Å². The van der Waals surface area contributed by atoms with Crippen LogP contribution >= 0.6 is 47.5 Å². The Labute approximate surface area is 156 Å². The Bertz CT molecular complexity index is 606. The first-order valence-electron chi connectivity index (χ1n) is 7.20. The third-order valence-corrected chi connectivity index (χ3v) is 5.96. The predicted molar refractivity (Wildman–Crippen MR) is 104 cm³/mol. The molecule has 0 aliphatic carbocycles. The zero-order chi connectivity index (χ0) is 14.8. The Morgan fingerprint density at radius 3 is 2.83 bits per heavy atom. The number of anilines is 1. The van der Waals surface area contributed by atoms with Gasteiger partial charge < -0.3 is 15.5 Å². The van der Waals surface area contributed by atoms with Gasteiger partial charge in [-0.3, -0.25) is 4.79 Å². The van der Waals surface area contributed by atoms with Crippen molar-refractivity contribution in [3.05, 3.63) is 10.9 Å². The highest BCUT2D eigenvalue weighted by Crippen LogP contribution is 2.33. The highest BCUT2D eigenvalue weighted by Gasteiger charge is 2.17. The fourth-order valence-electron chi connectivity index (χ4n) is 2.45. The molecule has 1 amide bonds. The number of fused-ring (bicyclic) bond motifs is 1. The van der Waals surface area contributed by atoms with Gasteiger partial charge in [0.25, 0.3) is 5.91 Å². The number of piperidine rings is 1. The van der Waals surface area contributed by atoms with Gasteiger partial charge in [0, 0.05) is 20.6 Å². The van der Waals surface area contributed by atoms with Crippen molar-refractivity contribution in [2.75, 3.05) is 38.6 Å². The van der Waals surface area contributed by atoms with Crippen LogP contribution in [0.25, 0.3) is 9.53 Å². The van der Waals surface area contributed by atoms with E-state index in [1.807, 2.05) is 25.1 Å². The summed E-state index contributed by atoms with van der Waals surface area (Å²) in [5.74, 6) is 0.587. The van der Waals surface area contributed by atoms with Crippen molar-refractivity contribution in [2.45, 2.75) is 12.8 Å². The van der Waals surface area contributed by atoms with E-state index < -0.39 is 0 Å². The van der Waals surface area contributed by atoms with E-state index in [1.165, 1.54) is 24.2 Å². The Morgan fingerprint density at radius 1 is 1.43 bits per heavy atom. The fourth-order valence-corrected chi connectivity index (χ4v) is 4.50. The lowest BCUT2D eigenvalue weighted by Gasteiger charge is -2.22. The number of hydrogen-bond donors (Lipinski definition) is 2. The van der Waals surface area contributed by atoms with Crippen LogP contribution in [0.2, 0.25) is 0 Å². The summed E-state index contributed by atoms with van der Waals surface area (Å²) in [4.78, 5) is 20.5. The molecule has 0 spiro atoms. The molecule has 2 N–H and O–H groups in total. The molecule has 1 aliphatic rings. The average molecular weight is 397 g/mol. The Balaban J connectivity index is 0.00000132. The van der Waals surface area contributed by atoms with Gasteiger partial charge in [-0.05, 0) is 37.9 Å². The second-order valence-corrected chi connectivity index (χ2v) is 7.63. The first kappa shape index (κ1) is 20.4. The first-order chi connectivity index (χ1) is 10.1. The van der Waals surface area contributed by atoms with Gasteiger partial charge in [-0.25, -0.2) is 4.98 Å². The number of rotatable bonds is 4. The molecule has 2 aromatic heterocycles. The zero-order valence-electron chi connectivity index (χ0n) is 13.1. The van der Waals surface area contributed by atoms with Crippen LogP contribution < -0.4 is 15.5 Å². The normalized spacial score (nSPS) is 17.2. The molecule has 1 atom stereocenters. The fraction of sp³-hybridized carbons (Fsp3) is 0.571. The van der Waals surface area contributed by atoms with Crippen LogP contribution in [0.15, 0.2) is 6.07 Å². The number of amides is 1. The summed E-state index contributed by atoms with van der Waals surface area (Å²) in [6.45, 7) is 2.87. The first-order valence-corrected chi connectivity index (χ1v) is 8.83. The van der Waals surface area contributed by atoms with Crippen LogP contribution in [-0.2, 0) is 0 Å². The Morgan fingerprint density at radius 2 is 2.22 bits per heavy atom. The molecule has 5 nitrogen and oxygen atoms in total. The molecule has 9 heteroatoms. The largest absolute Gasteiger partial charge is 0.354 e. The number of thiophene rings is 1. The third kappa shape index (κ3) is 4.93. The highest BCUT2D eigenvalue weighted by molar-refractivity contribution is 7.29. The molecule has 0 aromatic carbocycles. The molecule has 0 saturated carbocycles. The lowest BCUT2D eigenvalue weighted by Crippen LogP contribution is -2.37. The summed E-state index contributed by atoms with van der Waals surface area (Å²) in [5, 5.41) is 7.41. The van der Waals surface area contributed by atoms with E-state index in [1.54, 1.807) is 11.3 Å². The van der Waals surface area contributed by atoms with Crippen LogP contribution in [0.4, 0.5) is 5.13 Å². The minimum Gasteiger partial charge on any atom is -0.354 e. The molecule has 3 heterocycles. The Hall–Kier alpha value is -0.600. The molecular formula is C14H22Cl2N4OS2. The zero-order valence-corrected chi connectivity index (χ0v) is 16.4. The van der Waals surface area contributed by atoms with Gasteiger partial charge in [-0.1, -0.05) is 11.3 Å². The topological polar surface area (TPSA) is 57.3 Å². The van der Waals surface area contributed by atoms with Crippen LogP contribution in [0, 0.1) is 5.92 Å². The van der Waals surface area contributed by atoms with E-state index in [4.69, 9.17) is 0 Å². The number of aromatic nitrogens is 1. The van der Waals surface area contributed by atoms with Crippen molar-refractivity contribution < 1.29 is 4.79 Å². The molecule has 1 fully saturated rings. The highest BCUT2D eigenvalue weighted by atomic mass is 35.5. The molecular weight excluding hydrogens is 375 g/mol. The second-order valence-electron chi connectivity index (χ2n) is 5.59. The molecule has 1 aliphatic heterocycles. The molecule has 1 saturated heterocycles. The lowest BCUT2D eigenvalue weighted by atomic mass is 10.00. The summed E-state index contributed by atoms with van der Waals surface area (Å²) in [6, 6.07) is 1.96. The SMILES string of the molecule is CN(C)c1nc2sc(C(=O)NCC3CCCNC3)cc2s1.Cl.Cl. The van der Waals surface area contributed by atoms with E-state index in [-0.39, 0.29) is 30.7 Å². The summed E-state index contributed by atoms with van der Waals surface area (Å²) < 4.78 is 1.09. The standard InChI is InChI=1S/C14H20N4OS2.2ClH/c1-18(2)14-17-13-11(21-14)6-10(20-13)12(19)16-8-9-4-3-5-15-7-9;;/h6,9,15H,3-5,7-8H2,1-2H3,(H,16,19);2*1H. The van der Waals surface area contributed by atoms with Crippen molar-refractivity contribution in [1.82, 2.24) is 15.6 Å². The van der Waals surface area contributed by atoms with E-state index in [0.717, 1.165) is 39.2 Å². The molecule has 3 rings (SSSR count). The van der Waals surface area contributed by atoms with Gasteiger partial charge in [-0.15, -0.1) is 36.2 Å². The maximum Gasteiger partial charge on any atom is 0.261 e. The van der Waals surface area contributed by atoms with Crippen molar-refractivity contribution in [3.63, 3.8) is 0 Å². The van der Waals surface area contributed by atoms with E-state index >= 15 is 0 Å². The quantitative estimate of drug-likeness (QED) is 0.833. The number of hydrogen-bond acceptors (Lipinski definition) is 6. The van der Waals surface area contributed by atoms with Crippen LogP contribution in [0.1, 0.15) is 22.5 Å². The van der Waals surface area contributed by atoms with Crippen molar-refractivity contribution in [2.24, 2.45) is 5.92 Å². The summed E-state index contributed by atoms with van der Waals surface area (Å²) >= 11 is 3.10. The van der Waals surface area contributed by atoms with Crippen LogP contribution in [-0.4, -0.2) is 44.6 Å². The van der Waals surface area contributed by atoms with E-state index in [2.05, 4.69) is 15.6 Å². The summed E-state index contributed by atoms with van der Waals surface area (Å²) in [5.41, 5.74) is 0. The lowest BCUT2D eigenvalue weighted by molar-refractivity contribution is 0.0949. The maximum absolute atomic E-state index is 12.2. The number of nitrogens with zero attached hydrogens (tertiary/aromatic N) is 2. The van der Waals surface area contributed by atoms with Crippen molar-refractivity contribution >= 4 is 68.1 Å². The predicted octanol–water partition coefficient (Wildman–Crippen LogP) is 3.00. The van der Waals surface area contributed by atoms with Gasteiger partial charge in [-0.2, -0.15) is 0 Å². The van der Waals surface area contributed by atoms with Gasteiger partial charge in [0.05, 0.1) is 9.58 Å². The number of carbonyl (C=O) groups excluding carboxylic acids is 1. The second kappa shape index (κ2) is 9.03. The van der Waals surface area contributed by atoms with Crippen LogP contribution in [0.5, 0.6) is 0 Å². The monoisotopic (exact) mass is 396 g/mol. The Kier molecular flexibility index (Phi) is 8.03. The molecule has 1 unspecified atom stereocenters. The van der Waals surface area contributed by atoms with Crippen molar-refractivity contribution in [3.8, 4) is 0 Å². The number of thiazole rings is 1. The number of carbonyl (C=O) groups is 1. The van der Waals surface area contributed by atoms with E-state index in [9.17, 15) is 4.79 Å². The summed E-state index contributed by atoms with van der Waals surface area (Å²) in [7, 11) is 3.96. The minimum absolute atomic E-state index is 0. The van der Waals surface area contributed by atoms with E-state index in [0.29, 0.717) is 5.92 Å². The van der Waals surface area contributed by atoms with Crippen LogP contribution in [0.3, 0.4) is 0 Å². The molecule has 130 valence electrons. The molecule has 23 heavy (non-hydrogen) atoms. The van der Waals surface area contributed by atoms with Crippen molar-refractivity contribution in [1.29, 1.82) is 0 Å². The van der Waals surface area contributed by atoms with Gasteiger partial charge in [0.15, 0.2) is 5.13 Å². The smallest absolute Gasteiger partial charge is 0.261 e. The number of halogens is 2. The minimum atomic E-state index is 0. The molecule has 2 aromatic rings. The summed E-state index contributed by atoms with van der Waals surface area (Å²) in [6.07, 6.45) is 2.40. The molecule has 0 radical (unpaired) electrons. The van der Waals surface area contributed by atoms with Gasteiger partial charge >= 0.3 is 0 Å².